The topological polar surface area (TPSA) is 105 Å². The third kappa shape index (κ3) is 5.26. The van der Waals surface area contributed by atoms with Crippen LogP contribution >= 0.6 is 0 Å². The van der Waals surface area contributed by atoms with E-state index >= 15 is 0 Å². The number of carbonyl (C=O) groups excluding carboxylic acids is 2. The van der Waals surface area contributed by atoms with Gasteiger partial charge in [-0.2, -0.15) is 5.10 Å². The summed E-state index contributed by atoms with van der Waals surface area (Å²) in [7, 11) is 0. The van der Waals surface area contributed by atoms with E-state index in [1.54, 1.807) is 17.1 Å². The van der Waals surface area contributed by atoms with Crippen molar-refractivity contribution >= 4 is 18.0 Å². The van der Waals surface area contributed by atoms with E-state index in [-0.39, 0.29) is 23.8 Å². The summed E-state index contributed by atoms with van der Waals surface area (Å²) in [6, 6.07) is 0.0878. The second-order valence-electron chi connectivity index (χ2n) is 11.4. The SMILES string of the molecule is CC(=O)NC(C)(C)/C=C/n1ncc(C(=O)NC2C3CC4CC2CC(O)(C4)C3)c1OCC(C)C. The van der Waals surface area contributed by atoms with E-state index in [1.165, 1.54) is 6.92 Å². The van der Waals surface area contributed by atoms with E-state index in [0.717, 1.165) is 32.1 Å². The molecule has 8 heteroatoms. The maximum Gasteiger partial charge on any atom is 0.258 e. The first kappa shape index (κ1) is 23.8. The van der Waals surface area contributed by atoms with Crippen LogP contribution in [0.15, 0.2) is 12.3 Å². The molecule has 2 atom stereocenters. The molecule has 8 nitrogen and oxygen atoms in total. The van der Waals surface area contributed by atoms with Gasteiger partial charge in [-0.05, 0) is 75.7 Å². The van der Waals surface area contributed by atoms with Crippen LogP contribution in [-0.4, -0.2) is 50.5 Å². The number of nitrogens with one attached hydrogen (secondary N) is 2. The molecule has 1 aromatic heterocycles. The van der Waals surface area contributed by atoms with Crippen LogP contribution in [0.2, 0.25) is 0 Å². The number of hydrogen-bond acceptors (Lipinski definition) is 5. The molecule has 3 N–H and O–H groups in total. The van der Waals surface area contributed by atoms with Crippen molar-refractivity contribution in [2.75, 3.05) is 6.61 Å². The van der Waals surface area contributed by atoms with Crippen molar-refractivity contribution in [3.05, 3.63) is 17.8 Å². The maximum atomic E-state index is 13.4. The molecule has 0 aliphatic heterocycles. The van der Waals surface area contributed by atoms with Gasteiger partial charge in [-0.25, -0.2) is 4.68 Å². The molecule has 2 amide bonds. The van der Waals surface area contributed by atoms with E-state index in [1.807, 2.05) is 19.9 Å². The predicted octanol–water partition coefficient (Wildman–Crippen LogP) is 2.97. The Balaban J connectivity index is 1.53. The molecule has 182 valence electrons. The van der Waals surface area contributed by atoms with Gasteiger partial charge in [0.2, 0.25) is 11.8 Å². The van der Waals surface area contributed by atoms with Crippen LogP contribution in [0.3, 0.4) is 0 Å². The van der Waals surface area contributed by atoms with Gasteiger partial charge in [0.15, 0.2) is 0 Å². The molecule has 0 spiro atoms. The zero-order chi connectivity index (χ0) is 24.0. The van der Waals surface area contributed by atoms with Crippen molar-refractivity contribution in [1.29, 1.82) is 0 Å². The molecule has 4 bridgehead atoms. The van der Waals surface area contributed by atoms with Crippen molar-refractivity contribution in [1.82, 2.24) is 20.4 Å². The van der Waals surface area contributed by atoms with E-state index in [2.05, 4.69) is 29.6 Å². The van der Waals surface area contributed by atoms with Crippen LogP contribution in [0.5, 0.6) is 5.88 Å². The molecular weight excluding hydrogens is 420 g/mol. The Morgan fingerprint density at radius 3 is 2.55 bits per heavy atom. The molecule has 1 heterocycles. The van der Waals surface area contributed by atoms with Crippen LogP contribution in [-0.2, 0) is 4.79 Å². The Bertz CT molecular complexity index is 919. The molecule has 5 rings (SSSR count). The third-order valence-electron chi connectivity index (χ3n) is 7.22. The van der Waals surface area contributed by atoms with E-state index in [0.29, 0.717) is 35.8 Å². The molecule has 4 aliphatic rings. The molecule has 33 heavy (non-hydrogen) atoms. The number of hydrogen-bond donors (Lipinski definition) is 3. The van der Waals surface area contributed by atoms with Crippen molar-refractivity contribution < 1.29 is 19.4 Å². The first-order valence-corrected chi connectivity index (χ1v) is 12.2. The Morgan fingerprint density at radius 2 is 1.97 bits per heavy atom. The quantitative estimate of drug-likeness (QED) is 0.555. The Hall–Kier alpha value is -2.35. The van der Waals surface area contributed by atoms with Crippen LogP contribution in [0.1, 0.15) is 77.1 Å². The molecule has 4 aliphatic carbocycles. The predicted molar refractivity (Wildman–Crippen MR) is 126 cm³/mol. The van der Waals surface area contributed by atoms with E-state index in [9.17, 15) is 14.7 Å². The minimum Gasteiger partial charge on any atom is -0.477 e. The number of aromatic nitrogens is 2. The molecule has 0 aromatic carbocycles. The lowest BCUT2D eigenvalue weighted by atomic mass is 9.52. The van der Waals surface area contributed by atoms with Crippen LogP contribution in [0, 0.1) is 23.7 Å². The van der Waals surface area contributed by atoms with Gasteiger partial charge in [0.05, 0.1) is 23.9 Å². The fourth-order valence-electron chi connectivity index (χ4n) is 6.20. The fraction of sp³-hybridized carbons (Fsp3) is 0.720. The van der Waals surface area contributed by atoms with E-state index in [4.69, 9.17) is 4.74 Å². The summed E-state index contributed by atoms with van der Waals surface area (Å²) < 4.78 is 7.58. The lowest BCUT2D eigenvalue weighted by Gasteiger charge is -2.58. The minimum atomic E-state index is -0.573. The average Bonchev–Trinajstić information content (AvgIpc) is 3.08. The first-order valence-electron chi connectivity index (χ1n) is 12.2. The zero-order valence-electron chi connectivity index (χ0n) is 20.4. The molecular formula is C25H38N4O4. The highest BCUT2D eigenvalue weighted by Gasteiger charge is 2.55. The standard InChI is InChI=1S/C25H38N4O4/c1-15(2)14-33-23-20(13-26-29(23)7-6-24(4,5)28-16(3)30)22(31)27-21-18-8-17-9-19(21)12-25(32,10-17)11-18/h6-7,13,15,17-19,21,32H,8-12,14H2,1-5H3,(H,27,31)(H,28,30)/b7-6+. The Kier molecular flexibility index (Phi) is 6.33. The molecule has 4 saturated carbocycles. The Labute approximate surface area is 196 Å². The average molecular weight is 459 g/mol. The molecule has 2 unspecified atom stereocenters. The summed E-state index contributed by atoms with van der Waals surface area (Å²) in [5.74, 6) is 1.64. The fourth-order valence-corrected chi connectivity index (χ4v) is 6.20. The molecule has 1 aromatic rings. The number of rotatable bonds is 8. The Morgan fingerprint density at radius 1 is 1.30 bits per heavy atom. The van der Waals surface area contributed by atoms with Crippen LogP contribution < -0.4 is 15.4 Å². The second kappa shape index (κ2) is 8.78. The molecule has 0 saturated heterocycles. The van der Waals surface area contributed by atoms with Gasteiger partial charge in [0.25, 0.3) is 5.91 Å². The minimum absolute atomic E-state index is 0.0878. The molecule has 4 fully saturated rings. The van der Waals surface area contributed by atoms with Gasteiger partial charge in [-0.1, -0.05) is 13.8 Å². The highest BCUT2D eigenvalue weighted by molar-refractivity contribution is 5.96. The van der Waals surface area contributed by atoms with Crippen LogP contribution in [0.4, 0.5) is 0 Å². The second-order valence-corrected chi connectivity index (χ2v) is 11.4. The van der Waals surface area contributed by atoms with Gasteiger partial charge < -0.3 is 20.5 Å². The maximum absolute atomic E-state index is 13.4. The number of carbonyl (C=O) groups is 2. The highest BCUT2D eigenvalue weighted by Crippen LogP contribution is 2.55. The zero-order valence-corrected chi connectivity index (χ0v) is 20.4. The van der Waals surface area contributed by atoms with Crippen molar-refractivity contribution in [2.24, 2.45) is 23.7 Å². The van der Waals surface area contributed by atoms with E-state index < -0.39 is 11.1 Å². The number of ether oxygens (including phenoxy) is 1. The smallest absolute Gasteiger partial charge is 0.258 e. The van der Waals surface area contributed by atoms with Gasteiger partial charge in [0, 0.05) is 19.2 Å². The number of amides is 2. The van der Waals surface area contributed by atoms with Crippen molar-refractivity contribution in [3.8, 4) is 5.88 Å². The van der Waals surface area contributed by atoms with Gasteiger partial charge in [0.1, 0.15) is 5.56 Å². The van der Waals surface area contributed by atoms with Gasteiger partial charge in [-0.15, -0.1) is 0 Å². The lowest BCUT2D eigenvalue weighted by molar-refractivity contribution is -0.137. The third-order valence-corrected chi connectivity index (χ3v) is 7.22. The van der Waals surface area contributed by atoms with Crippen molar-refractivity contribution in [3.63, 3.8) is 0 Å². The monoisotopic (exact) mass is 458 g/mol. The lowest BCUT2D eigenvalue weighted by Crippen LogP contribution is -2.61. The summed E-state index contributed by atoms with van der Waals surface area (Å²) in [4.78, 5) is 24.8. The highest BCUT2D eigenvalue weighted by atomic mass is 16.5. The summed E-state index contributed by atoms with van der Waals surface area (Å²) >= 11 is 0. The van der Waals surface area contributed by atoms with Gasteiger partial charge >= 0.3 is 0 Å². The normalized spacial score (nSPS) is 30.8. The summed E-state index contributed by atoms with van der Waals surface area (Å²) in [5.41, 5.74) is -0.694. The summed E-state index contributed by atoms with van der Waals surface area (Å²) in [6.45, 7) is 9.81. The summed E-state index contributed by atoms with van der Waals surface area (Å²) in [6.07, 6.45) is 9.74. The molecule has 0 radical (unpaired) electrons. The first-order chi connectivity index (χ1) is 15.4. The largest absolute Gasteiger partial charge is 0.477 e. The van der Waals surface area contributed by atoms with Gasteiger partial charge in [-0.3, -0.25) is 9.59 Å². The van der Waals surface area contributed by atoms with Crippen molar-refractivity contribution in [2.45, 2.75) is 83.9 Å². The number of nitrogens with zero attached hydrogens (tertiary/aromatic N) is 2. The number of aliphatic hydroxyl groups is 1. The summed E-state index contributed by atoms with van der Waals surface area (Å²) in [5, 5.41) is 21.4. The van der Waals surface area contributed by atoms with Crippen LogP contribution in [0.25, 0.3) is 6.20 Å².